The molecule has 1 heteroatoms. The molecule has 0 heterocycles. The fourth-order valence-corrected chi connectivity index (χ4v) is 2.64. The van der Waals surface area contributed by atoms with Crippen molar-refractivity contribution >= 4 is 11.6 Å². The molecule has 0 unspecified atom stereocenters. The SMILES string of the molecule is CC.CC1CCC(C(C)C)CC1.Cc1ccccc1Cl. The summed E-state index contributed by atoms with van der Waals surface area (Å²) in [6.45, 7) is 13.1. The van der Waals surface area contributed by atoms with Crippen LogP contribution < -0.4 is 0 Å². The molecule has 0 radical (unpaired) electrons. The molecule has 0 aliphatic heterocycles. The van der Waals surface area contributed by atoms with Gasteiger partial charge in [0.05, 0.1) is 0 Å². The summed E-state index contributed by atoms with van der Waals surface area (Å²) in [5, 5.41) is 0.840. The normalized spacial score (nSPS) is 21.4. The highest BCUT2D eigenvalue weighted by Gasteiger charge is 2.19. The van der Waals surface area contributed by atoms with Gasteiger partial charge in [-0.3, -0.25) is 0 Å². The maximum Gasteiger partial charge on any atom is 0.0435 e. The van der Waals surface area contributed by atoms with Crippen molar-refractivity contribution in [3.05, 3.63) is 34.9 Å². The Bertz CT molecular complexity index is 314. The van der Waals surface area contributed by atoms with Gasteiger partial charge in [0.1, 0.15) is 0 Å². The predicted molar refractivity (Wildman–Crippen MR) is 93.5 cm³/mol. The first-order valence-corrected chi connectivity index (χ1v) is 8.59. The summed E-state index contributed by atoms with van der Waals surface area (Å²) in [7, 11) is 0. The maximum absolute atomic E-state index is 5.71. The molecule has 0 saturated heterocycles. The fraction of sp³-hybridized carbons (Fsp3) is 0.684. The quantitative estimate of drug-likeness (QED) is 0.516. The molecule has 0 nitrogen and oxygen atoms in total. The zero-order valence-corrected chi connectivity index (χ0v) is 15.0. The molecule has 116 valence electrons. The largest absolute Gasteiger partial charge is 0.0841 e. The van der Waals surface area contributed by atoms with Gasteiger partial charge in [-0.2, -0.15) is 0 Å². The molecule has 1 aliphatic carbocycles. The average molecular weight is 297 g/mol. The second-order valence-corrected chi connectivity index (χ2v) is 6.42. The lowest BCUT2D eigenvalue weighted by Crippen LogP contribution is -2.16. The van der Waals surface area contributed by atoms with Gasteiger partial charge in [-0.25, -0.2) is 0 Å². The van der Waals surface area contributed by atoms with E-state index in [1.54, 1.807) is 0 Å². The molecular formula is C19H33Cl. The van der Waals surface area contributed by atoms with Crippen LogP contribution in [0.2, 0.25) is 5.02 Å². The monoisotopic (exact) mass is 296 g/mol. The van der Waals surface area contributed by atoms with Gasteiger partial charge in [-0.1, -0.05) is 77.3 Å². The van der Waals surface area contributed by atoms with Crippen molar-refractivity contribution in [2.45, 2.75) is 67.2 Å². The third-order valence-electron chi connectivity index (χ3n) is 4.08. The van der Waals surface area contributed by atoms with E-state index in [4.69, 9.17) is 11.6 Å². The lowest BCUT2D eigenvalue weighted by atomic mass is 9.78. The molecule has 1 aromatic rings. The van der Waals surface area contributed by atoms with Gasteiger partial charge in [-0.15, -0.1) is 0 Å². The van der Waals surface area contributed by atoms with Crippen molar-refractivity contribution in [1.82, 2.24) is 0 Å². The first-order chi connectivity index (χ1) is 9.50. The van der Waals surface area contributed by atoms with Crippen LogP contribution in [0, 0.1) is 24.7 Å². The van der Waals surface area contributed by atoms with Crippen LogP contribution in [-0.2, 0) is 0 Å². The topological polar surface area (TPSA) is 0 Å². The highest BCUT2D eigenvalue weighted by molar-refractivity contribution is 6.31. The molecule has 1 aliphatic rings. The highest BCUT2D eigenvalue weighted by Crippen LogP contribution is 2.32. The zero-order valence-electron chi connectivity index (χ0n) is 14.2. The molecule has 0 spiro atoms. The van der Waals surface area contributed by atoms with Crippen molar-refractivity contribution in [2.24, 2.45) is 17.8 Å². The first kappa shape index (κ1) is 19.5. The number of halogens is 1. The van der Waals surface area contributed by atoms with E-state index in [9.17, 15) is 0 Å². The van der Waals surface area contributed by atoms with E-state index < -0.39 is 0 Å². The van der Waals surface area contributed by atoms with Crippen LogP contribution in [0.25, 0.3) is 0 Å². The van der Waals surface area contributed by atoms with E-state index in [1.807, 2.05) is 45.0 Å². The molecule has 1 fully saturated rings. The van der Waals surface area contributed by atoms with Gasteiger partial charge in [-0.05, 0) is 49.1 Å². The minimum atomic E-state index is 0.840. The summed E-state index contributed by atoms with van der Waals surface area (Å²) in [6.07, 6.45) is 5.92. The van der Waals surface area contributed by atoms with Gasteiger partial charge in [0.25, 0.3) is 0 Å². The van der Waals surface area contributed by atoms with Gasteiger partial charge < -0.3 is 0 Å². The number of rotatable bonds is 1. The van der Waals surface area contributed by atoms with Gasteiger partial charge in [0.15, 0.2) is 0 Å². The third kappa shape index (κ3) is 7.94. The fourth-order valence-electron chi connectivity index (χ4n) is 2.50. The summed E-state index contributed by atoms with van der Waals surface area (Å²) in [6, 6.07) is 7.77. The van der Waals surface area contributed by atoms with Gasteiger partial charge in [0, 0.05) is 5.02 Å². The molecule has 0 bridgehead atoms. The predicted octanol–water partition coefficient (Wildman–Crippen LogP) is 7.14. The number of benzene rings is 1. The van der Waals surface area contributed by atoms with Crippen LogP contribution in [0.3, 0.4) is 0 Å². The van der Waals surface area contributed by atoms with E-state index in [0.29, 0.717) is 0 Å². The highest BCUT2D eigenvalue weighted by atomic mass is 35.5. The van der Waals surface area contributed by atoms with Crippen LogP contribution in [0.1, 0.15) is 65.9 Å². The number of aryl methyl sites for hydroxylation is 1. The van der Waals surface area contributed by atoms with Crippen LogP contribution >= 0.6 is 11.6 Å². The standard InChI is InChI=1S/C10H20.C7H7Cl.C2H6/c1-8(2)10-6-4-9(3)5-7-10;1-6-4-2-3-5-7(6)8;1-2/h8-10H,4-7H2,1-3H3;2-5H,1H3;1-2H3. The Hall–Kier alpha value is -0.490. The average Bonchev–Trinajstić information content (AvgIpc) is 2.45. The maximum atomic E-state index is 5.71. The van der Waals surface area contributed by atoms with Crippen molar-refractivity contribution < 1.29 is 0 Å². The molecule has 20 heavy (non-hydrogen) atoms. The molecule has 0 N–H and O–H groups in total. The van der Waals surface area contributed by atoms with E-state index in [2.05, 4.69) is 20.8 Å². The molecule has 0 aromatic heterocycles. The third-order valence-corrected chi connectivity index (χ3v) is 4.50. The van der Waals surface area contributed by atoms with Crippen LogP contribution in [-0.4, -0.2) is 0 Å². The smallest absolute Gasteiger partial charge is 0.0435 e. The minimum Gasteiger partial charge on any atom is -0.0841 e. The van der Waals surface area contributed by atoms with Crippen LogP contribution in [0.5, 0.6) is 0 Å². The Morgan fingerprint density at radius 2 is 1.50 bits per heavy atom. The molecule has 0 amide bonds. The van der Waals surface area contributed by atoms with E-state index >= 15 is 0 Å². The lowest BCUT2D eigenvalue weighted by molar-refractivity contribution is 0.234. The Balaban J connectivity index is 0.000000327. The summed E-state index contributed by atoms with van der Waals surface area (Å²) in [5.74, 6) is 2.97. The molecule has 1 saturated carbocycles. The summed E-state index contributed by atoms with van der Waals surface area (Å²) in [5.41, 5.74) is 1.13. The molecule has 0 atom stereocenters. The summed E-state index contributed by atoms with van der Waals surface area (Å²) >= 11 is 5.71. The number of hydrogen-bond donors (Lipinski definition) is 0. The van der Waals surface area contributed by atoms with Crippen LogP contribution in [0.4, 0.5) is 0 Å². The zero-order chi connectivity index (χ0) is 15.5. The Morgan fingerprint density at radius 3 is 1.85 bits per heavy atom. The van der Waals surface area contributed by atoms with Gasteiger partial charge >= 0.3 is 0 Å². The molecular weight excluding hydrogens is 264 g/mol. The second-order valence-electron chi connectivity index (χ2n) is 6.01. The van der Waals surface area contributed by atoms with Crippen molar-refractivity contribution in [3.8, 4) is 0 Å². The Labute approximate surface area is 131 Å². The molecule has 2 rings (SSSR count). The number of hydrogen-bond acceptors (Lipinski definition) is 0. The summed E-state index contributed by atoms with van der Waals surface area (Å²) in [4.78, 5) is 0. The minimum absolute atomic E-state index is 0.840. The van der Waals surface area contributed by atoms with Crippen molar-refractivity contribution in [1.29, 1.82) is 0 Å². The molecule has 1 aromatic carbocycles. The Morgan fingerprint density at radius 1 is 1.00 bits per heavy atom. The lowest BCUT2D eigenvalue weighted by Gasteiger charge is -2.28. The van der Waals surface area contributed by atoms with E-state index in [1.165, 1.54) is 25.7 Å². The summed E-state index contributed by atoms with van der Waals surface area (Å²) < 4.78 is 0. The van der Waals surface area contributed by atoms with Crippen molar-refractivity contribution in [2.75, 3.05) is 0 Å². The first-order valence-electron chi connectivity index (χ1n) is 8.21. The van der Waals surface area contributed by atoms with E-state index in [0.717, 1.165) is 28.3 Å². The second kappa shape index (κ2) is 11.2. The van der Waals surface area contributed by atoms with Crippen molar-refractivity contribution in [3.63, 3.8) is 0 Å². The Kier molecular flexibility index (Phi) is 10.9. The van der Waals surface area contributed by atoms with E-state index in [-0.39, 0.29) is 0 Å². The van der Waals surface area contributed by atoms with Crippen LogP contribution in [0.15, 0.2) is 24.3 Å². The van der Waals surface area contributed by atoms with Gasteiger partial charge in [0.2, 0.25) is 0 Å².